The molecule has 0 aliphatic carbocycles. The number of rotatable bonds is 3. The molecule has 1 rings (SSSR count). The van der Waals surface area contributed by atoms with Crippen LogP contribution in [0.4, 0.5) is 0 Å². The normalized spacial score (nSPS) is 14.3. The van der Waals surface area contributed by atoms with Crippen LogP contribution in [0.5, 0.6) is 0 Å². The number of aliphatic hydroxyl groups is 2. The summed E-state index contributed by atoms with van der Waals surface area (Å²) in [5, 5.41) is 27.6. The van der Waals surface area contributed by atoms with Gasteiger partial charge in [0.2, 0.25) is 0 Å². The highest BCUT2D eigenvalue weighted by Crippen LogP contribution is 2.24. The van der Waals surface area contributed by atoms with Crippen LogP contribution in [0.2, 0.25) is 5.15 Å². The highest BCUT2D eigenvalue weighted by Gasteiger charge is 2.21. The molecule has 0 radical (unpaired) electrons. The lowest BCUT2D eigenvalue weighted by Crippen LogP contribution is -2.18. The predicted molar refractivity (Wildman–Crippen MR) is 55.2 cm³/mol. The van der Waals surface area contributed by atoms with E-state index in [4.69, 9.17) is 16.9 Å². The minimum atomic E-state index is -1.18. The Morgan fingerprint density at radius 1 is 1.53 bits per heavy atom. The Hall–Kier alpha value is -1.15. The summed E-state index contributed by atoms with van der Waals surface area (Å²) in [5.74, 6) is 0. The third-order valence-electron chi connectivity index (χ3n) is 2.00. The molecule has 2 N–H and O–H groups in total. The fourth-order valence-electron chi connectivity index (χ4n) is 1.17. The standard InChI is InChI=1S/C10H11ClN2O2/c1-6-2-3-7(10(11)13-6)9(15)8(14)4-5-12/h2-3,8-9,14-15H,4H2,1H3. The summed E-state index contributed by atoms with van der Waals surface area (Å²) in [5.41, 5.74) is 1.07. The van der Waals surface area contributed by atoms with Crippen LogP contribution in [0.15, 0.2) is 12.1 Å². The van der Waals surface area contributed by atoms with E-state index >= 15 is 0 Å². The number of nitrogens with zero attached hydrogens (tertiary/aromatic N) is 2. The van der Waals surface area contributed by atoms with Crippen molar-refractivity contribution in [1.82, 2.24) is 4.98 Å². The smallest absolute Gasteiger partial charge is 0.135 e. The molecule has 0 amide bonds. The van der Waals surface area contributed by atoms with Gasteiger partial charge >= 0.3 is 0 Å². The van der Waals surface area contributed by atoms with Crippen LogP contribution >= 0.6 is 11.6 Å². The molecule has 0 fully saturated rings. The van der Waals surface area contributed by atoms with Crippen LogP contribution in [0.25, 0.3) is 0 Å². The van der Waals surface area contributed by atoms with Gasteiger partial charge in [0, 0.05) is 11.3 Å². The number of nitriles is 1. The van der Waals surface area contributed by atoms with Gasteiger partial charge in [0.25, 0.3) is 0 Å². The maximum absolute atomic E-state index is 9.67. The number of aliphatic hydroxyl groups excluding tert-OH is 2. The van der Waals surface area contributed by atoms with Gasteiger partial charge in [-0.1, -0.05) is 17.7 Å². The number of halogens is 1. The molecule has 4 nitrogen and oxygen atoms in total. The zero-order valence-electron chi connectivity index (χ0n) is 8.18. The molecular weight excluding hydrogens is 216 g/mol. The number of hydrogen-bond acceptors (Lipinski definition) is 4. The Morgan fingerprint density at radius 3 is 2.73 bits per heavy atom. The van der Waals surface area contributed by atoms with Crippen molar-refractivity contribution in [2.75, 3.05) is 0 Å². The van der Waals surface area contributed by atoms with Gasteiger partial charge in [-0.25, -0.2) is 4.98 Å². The molecule has 0 aromatic carbocycles. The average molecular weight is 227 g/mol. The monoisotopic (exact) mass is 226 g/mol. The summed E-state index contributed by atoms with van der Waals surface area (Å²) in [7, 11) is 0. The van der Waals surface area contributed by atoms with Gasteiger partial charge in [-0.2, -0.15) is 5.26 Å². The number of aromatic nitrogens is 1. The maximum Gasteiger partial charge on any atom is 0.135 e. The van der Waals surface area contributed by atoms with E-state index < -0.39 is 12.2 Å². The first kappa shape index (κ1) is 11.9. The van der Waals surface area contributed by atoms with E-state index in [1.165, 1.54) is 0 Å². The molecule has 5 heteroatoms. The zero-order chi connectivity index (χ0) is 11.4. The average Bonchev–Trinajstić information content (AvgIpc) is 2.17. The van der Waals surface area contributed by atoms with Crippen LogP contribution in [0, 0.1) is 18.3 Å². The van der Waals surface area contributed by atoms with Crippen molar-refractivity contribution in [2.24, 2.45) is 0 Å². The van der Waals surface area contributed by atoms with E-state index in [0.717, 1.165) is 5.69 Å². The molecule has 2 unspecified atom stereocenters. The van der Waals surface area contributed by atoms with Gasteiger partial charge < -0.3 is 10.2 Å². The Bertz CT molecular complexity index is 389. The van der Waals surface area contributed by atoms with Crippen LogP contribution in [0.1, 0.15) is 23.8 Å². The molecule has 1 aromatic heterocycles. The molecule has 2 atom stereocenters. The molecule has 1 heterocycles. The SMILES string of the molecule is Cc1ccc(C(O)C(O)CC#N)c(Cl)n1. The van der Waals surface area contributed by atoms with E-state index in [1.54, 1.807) is 25.1 Å². The van der Waals surface area contributed by atoms with Crippen molar-refractivity contribution in [3.63, 3.8) is 0 Å². The Labute approximate surface area is 92.8 Å². The molecular formula is C10H11ClN2O2. The lowest BCUT2D eigenvalue weighted by Gasteiger charge is -2.16. The van der Waals surface area contributed by atoms with Crippen LogP contribution in [0.3, 0.4) is 0 Å². The van der Waals surface area contributed by atoms with Crippen molar-refractivity contribution in [3.05, 3.63) is 28.5 Å². The fourth-order valence-corrected chi connectivity index (χ4v) is 1.48. The minimum Gasteiger partial charge on any atom is -0.389 e. The molecule has 80 valence electrons. The number of hydrogen-bond donors (Lipinski definition) is 2. The van der Waals surface area contributed by atoms with Gasteiger partial charge in [-0.3, -0.25) is 0 Å². The summed E-state index contributed by atoms with van der Waals surface area (Å²) < 4.78 is 0. The Morgan fingerprint density at radius 2 is 2.20 bits per heavy atom. The van der Waals surface area contributed by atoms with Gasteiger partial charge in [-0.05, 0) is 13.0 Å². The summed E-state index contributed by atoms with van der Waals surface area (Å²) in [6, 6.07) is 5.05. The molecule has 0 spiro atoms. The molecule has 1 aromatic rings. The second-order valence-electron chi connectivity index (χ2n) is 3.21. The van der Waals surface area contributed by atoms with Crippen molar-refractivity contribution in [2.45, 2.75) is 25.6 Å². The first-order valence-electron chi connectivity index (χ1n) is 4.42. The molecule has 15 heavy (non-hydrogen) atoms. The first-order valence-corrected chi connectivity index (χ1v) is 4.80. The van der Waals surface area contributed by atoms with E-state index in [2.05, 4.69) is 4.98 Å². The predicted octanol–water partition coefficient (Wildman–Crippen LogP) is 1.35. The third kappa shape index (κ3) is 2.90. The van der Waals surface area contributed by atoms with Crippen molar-refractivity contribution in [3.8, 4) is 6.07 Å². The molecule has 0 bridgehead atoms. The zero-order valence-corrected chi connectivity index (χ0v) is 8.94. The molecule has 0 saturated carbocycles. The fraction of sp³-hybridized carbons (Fsp3) is 0.400. The van der Waals surface area contributed by atoms with E-state index in [1.807, 2.05) is 0 Å². The second-order valence-corrected chi connectivity index (χ2v) is 3.57. The lowest BCUT2D eigenvalue weighted by molar-refractivity contribution is 0.0215. The van der Waals surface area contributed by atoms with Crippen LogP contribution < -0.4 is 0 Å². The van der Waals surface area contributed by atoms with E-state index in [-0.39, 0.29) is 11.6 Å². The molecule has 0 aliphatic rings. The highest BCUT2D eigenvalue weighted by molar-refractivity contribution is 6.30. The van der Waals surface area contributed by atoms with Crippen molar-refractivity contribution >= 4 is 11.6 Å². The first-order chi connectivity index (χ1) is 7.06. The number of pyridine rings is 1. The second kappa shape index (κ2) is 5.08. The molecule has 0 aliphatic heterocycles. The summed E-state index contributed by atoms with van der Waals surface area (Å²) in [6.45, 7) is 1.77. The van der Waals surface area contributed by atoms with E-state index in [9.17, 15) is 10.2 Å². The van der Waals surface area contributed by atoms with Crippen molar-refractivity contribution in [1.29, 1.82) is 5.26 Å². The summed E-state index contributed by atoms with van der Waals surface area (Å²) >= 11 is 5.80. The topological polar surface area (TPSA) is 77.1 Å². The Balaban J connectivity index is 2.91. The highest BCUT2D eigenvalue weighted by atomic mass is 35.5. The number of aryl methyl sites for hydroxylation is 1. The van der Waals surface area contributed by atoms with Gasteiger partial charge in [0.15, 0.2) is 0 Å². The minimum absolute atomic E-state index is 0.147. The molecule has 0 saturated heterocycles. The third-order valence-corrected chi connectivity index (χ3v) is 2.30. The summed E-state index contributed by atoms with van der Waals surface area (Å²) in [4.78, 5) is 3.95. The van der Waals surface area contributed by atoms with Crippen molar-refractivity contribution < 1.29 is 10.2 Å². The van der Waals surface area contributed by atoms with Crippen LogP contribution in [-0.2, 0) is 0 Å². The lowest BCUT2D eigenvalue weighted by atomic mass is 10.0. The Kier molecular flexibility index (Phi) is 4.04. The van der Waals surface area contributed by atoms with Crippen LogP contribution in [-0.4, -0.2) is 21.3 Å². The largest absolute Gasteiger partial charge is 0.389 e. The van der Waals surface area contributed by atoms with Gasteiger partial charge in [-0.15, -0.1) is 0 Å². The van der Waals surface area contributed by atoms with Gasteiger partial charge in [0.1, 0.15) is 11.3 Å². The van der Waals surface area contributed by atoms with Gasteiger partial charge in [0.05, 0.1) is 18.6 Å². The quantitative estimate of drug-likeness (QED) is 0.763. The maximum atomic E-state index is 9.67. The summed E-state index contributed by atoms with van der Waals surface area (Å²) in [6.07, 6.45) is -2.46. The van der Waals surface area contributed by atoms with E-state index in [0.29, 0.717) is 5.56 Å².